The first-order chi connectivity index (χ1) is 8.90. The lowest BCUT2D eigenvalue weighted by Crippen LogP contribution is -2.43. The topological polar surface area (TPSA) is 54.2 Å². The zero-order chi connectivity index (χ0) is 11.9. The third-order valence-electron chi connectivity index (χ3n) is 4.89. The van der Waals surface area contributed by atoms with Crippen molar-refractivity contribution >= 4 is 6.01 Å². The Kier molecular flexibility index (Phi) is 2.53. The van der Waals surface area contributed by atoms with Gasteiger partial charge in [-0.05, 0) is 31.1 Å². The van der Waals surface area contributed by atoms with E-state index in [1.165, 1.54) is 25.7 Å². The van der Waals surface area contributed by atoms with E-state index in [9.17, 15) is 0 Å². The highest BCUT2D eigenvalue weighted by atomic mass is 16.5. The lowest BCUT2D eigenvalue weighted by molar-refractivity contribution is 0.365. The number of aromatic nitrogens is 2. The molecule has 4 rings (SSSR count). The third kappa shape index (κ3) is 1.72. The summed E-state index contributed by atoms with van der Waals surface area (Å²) in [7, 11) is 0. The molecule has 1 aromatic heterocycles. The second-order valence-electron chi connectivity index (χ2n) is 5.95. The maximum absolute atomic E-state index is 5.46. The molecule has 5 nitrogen and oxygen atoms in total. The summed E-state index contributed by atoms with van der Waals surface area (Å²) in [6.07, 6.45) is 5.46. The molecule has 3 fully saturated rings. The second kappa shape index (κ2) is 4.23. The molecule has 1 aliphatic heterocycles. The summed E-state index contributed by atoms with van der Waals surface area (Å²) < 4.78 is 5.46. The lowest BCUT2D eigenvalue weighted by atomic mass is 9.88. The van der Waals surface area contributed by atoms with Crippen molar-refractivity contribution in [2.24, 2.45) is 11.8 Å². The monoisotopic (exact) mass is 248 g/mol. The predicted molar refractivity (Wildman–Crippen MR) is 67.6 cm³/mol. The molecule has 0 aromatic carbocycles. The van der Waals surface area contributed by atoms with E-state index in [0.717, 1.165) is 49.9 Å². The molecule has 0 radical (unpaired) electrons. The number of anilines is 1. The number of fused-ring (bicyclic) bond motifs is 2. The fourth-order valence-corrected chi connectivity index (χ4v) is 3.92. The number of piperazine rings is 1. The number of hydrogen-bond acceptors (Lipinski definition) is 5. The molecule has 5 heteroatoms. The summed E-state index contributed by atoms with van der Waals surface area (Å²) in [6, 6.07) is 0.731. The SMILES string of the molecule is C1CN(c2nc(C3CC4CCC3C4)no2)CCN1. The van der Waals surface area contributed by atoms with Crippen LogP contribution in [0.4, 0.5) is 6.01 Å². The van der Waals surface area contributed by atoms with E-state index in [2.05, 4.69) is 20.4 Å². The Morgan fingerprint density at radius 3 is 2.78 bits per heavy atom. The molecule has 3 unspecified atom stereocenters. The van der Waals surface area contributed by atoms with Crippen LogP contribution in [0.3, 0.4) is 0 Å². The van der Waals surface area contributed by atoms with Gasteiger partial charge in [-0.1, -0.05) is 11.6 Å². The van der Waals surface area contributed by atoms with Crippen molar-refractivity contribution < 1.29 is 4.52 Å². The molecule has 2 saturated carbocycles. The molecular formula is C13H20N4O. The molecule has 2 heterocycles. The first-order valence-electron chi connectivity index (χ1n) is 7.19. The van der Waals surface area contributed by atoms with E-state index in [1.807, 2.05) is 0 Å². The van der Waals surface area contributed by atoms with Gasteiger partial charge in [0.2, 0.25) is 0 Å². The summed E-state index contributed by atoms with van der Waals surface area (Å²) >= 11 is 0. The molecule has 1 saturated heterocycles. The number of rotatable bonds is 2. The van der Waals surface area contributed by atoms with Crippen molar-refractivity contribution in [3.05, 3.63) is 5.82 Å². The molecular weight excluding hydrogens is 228 g/mol. The minimum atomic E-state index is 0.573. The Labute approximate surface area is 107 Å². The van der Waals surface area contributed by atoms with Crippen LogP contribution in [0.2, 0.25) is 0 Å². The second-order valence-corrected chi connectivity index (χ2v) is 5.95. The van der Waals surface area contributed by atoms with Gasteiger partial charge in [0.25, 0.3) is 0 Å². The van der Waals surface area contributed by atoms with Gasteiger partial charge in [-0.25, -0.2) is 0 Å². The molecule has 0 amide bonds. The van der Waals surface area contributed by atoms with Gasteiger partial charge in [-0.3, -0.25) is 0 Å². The molecule has 18 heavy (non-hydrogen) atoms. The molecule has 1 N–H and O–H groups in total. The van der Waals surface area contributed by atoms with Gasteiger partial charge in [0, 0.05) is 32.1 Å². The van der Waals surface area contributed by atoms with Crippen LogP contribution in [-0.4, -0.2) is 36.3 Å². The van der Waals surface area contributed by atoms with Crippen molar-refractivity contribution in [2.45, 2.75) is 31.6 Å². The summed E-state index contributed by atoms with van der Waals surface area (Å²) in [5.74, 6) is 3.30. The van der Waals surface area contributed by atoms with Crippen LogP contribution in [0.5, 0.6) is 0 Å². The van der Waals surface area contributed by atoms with Crippen molar-refractivity contribution in [3.63, 3.8) is 0 Å². The zero-order valence-electron chi connectivity index (χ0n) is 10.6. The largest absolute Gasteiger partial charge is 0.324 e. The molecule has 98 valence electrons. The van der Waals surface area contributed by atoms with Crippen molar-refractivity contribution in [2.75, 3.05) is 31.1 Å². The minimum absolute atomic E-state index is 0.573. The van der Waals surface area contributed by atoms with Crippen LogP contribution in [0.25, 0.3) is 0 Å². The first-order valence-corrected chi connectivity index (χ1v) is 7.19. The van der Waals surface area contributed by atoms with Crippen LogP contribution in [0.1, 0.15) is 37.4 Å². The minimum Gasteiger partial charge on any atom is -0.322 e. The Balaban J connectivity index is 1.51. The Morgan fingerprint density at radius 2 is 2.06 bits per heavy atom. The summed E-state index contributed by atoms with van der Waals surface area (Å²) in [5.41, 5.74) is 0. The molecule has 1 aromatic rings. The van der Waals surface area contributed by atoms with E-state index < -0.39 is 0 Å². The highest BCUT2D eigenvalue weighted by Crippen LogP contribution is 2.52. The van der Waals surface area contributed by atoms with E-state index in [0.29, 0.717) is 5.92 Å². The highest BCUT2D eigenvalue weighted by molar-refractivity contribution is 5.27. The average molecular weight is 248 g/mol. The Hall–Kier alpha value is -1.10. The number of nitrogens with zero attached hydrogens (tertiary/aromatic N) is 3. The number of nitrogens with one attached hydrogen (secondary N) is 1. The zero-order valence-corrected chi connectivity index (χ0v) is 10.6. The Morgan fingerprint density at radius 1 is 1.17 bits per heavy atom. The van der Waals surface area contributed by atoms with Gasteiger partial charge < -0.3 is 14.7 Å². The first kappa shape index (κ1) is 10.8. The summed E-state index contributed by atoms with van der Waals surface area (Å²) in [5, 5.41) is 7.58. The highest BCUT2D eigenvalue weighted by Gasteiger charge is 2.42. The van der Waals surface area contributed by atoms with Crippen molar-refractivity contribution in [3.8, 4) is 0 Å². The number of hydrogen-bond donors (Lipinski definition) is 1. The lowest BCUT2D eigenvalue weighted by Gasteiger charge is -2.25. The van der Waals surface area contributed by atoms with Crippen LogP contribution in [-0.2, 0) is 0 Å². The molecule has 0 spiro atoms. The van der Waals surface area contributed by atoms with Crippen LogP contribution >= 0.6 is 0 Å². The third-order valence-corrected chi connectivity index (χ3v) is 4.89. The normalized spacial score (nSPS) is 35.3. The van der Waals surface area contributed by atoms with Crippen LogP contribution < -0.4 is 10.2 Å². The fraction of sp³-hybridized carbons (Fsp3) is 0.846. The average Bonchev–Trinajstić information content (AvgIpc) is 3.15. The van der Waals surface area contributed by atoms with E-state index >= 15 is 0 Å². The molecule has 2 aliphatic carbocycles. The smallest absolute Gasteiger partial charge is 0.322 e. The standard InChI is InChI=1S/C13H20N4O/c1-2-10-7-9(1)8-11(10)12-15-13(18-16-12)17-5-3-14-4-6-17/h9-11,14H,1-8H2. The van der Waals surface area contributed by atoms with Crippen LogP contribution in [0, 0.1) is 11.8 Å². The van der Waals surface area contributed by atoms with Gasteiger partial charge in [-0.2, -0.15) is 4.98 Å². The van der Waals surface area contributed by atoms with Gasteiger partial charge in [0.1, 0.15) is 0 Å². The van der Waals surface area contributed by atoms with Gasteiger partial charge in [0.15, 0.2) is 5.82 Å². The molecule has 3 atom stereocenters. The maximum atomic E-state index is 5.46. The molecule has 3 aliphatic rings. The molecule has 2 bridgehead atoms. The summed E-state index contributed by atoms with van der Waals surface area (Å²) in [4.78, 5) is 6.85. The van der Waals surface area contributed by atoms with Crippen molar-refractivity contribution in [1.29, 1.82) is 0 Å². The van der Waals surface area contributed by atoms with Crippen LogP contribution in [0.15, 0.2) is 4.52 Å². The quantitative estimate of drug-likeness (QED) is 0.857. The maximum Gasteiger partial charge on any atom is 0.324 e. The summed E-state index contributed by atoms with van der Waals surface area (Å²) in [6.45, 7) is 3.95. The van der Waals surface area contributed by atoms with E-state index in [-0.39, 0.29) is 0 Å². The van der Waals surface area contributed by atoms with Gasteiger partial charge >= 0.3 is 6.01 Å². The van der Waals surface area contributed by atoms with E-state index in [4.69, 9.17) is 4.52 Å². The predicted octanol–water partition coefficient (Wildman–Crippen LogP) is 1.38. The fourth-order valence-electron chi connectivity index (χ4n) is 3.92. The van der Waals surface area contributed by atoms with E-state index in [1.54, 1.807) is 0 Å². The van der Waals surface area contributed by atoms with Gasteiger partial charge in [-0.15, -0.1) is 0 Å². The Bertz CT molecular complexity index is 426. The van der Waals surface area contributed by atoms with Gasteiger partial charge in [0.05, 0.1) is 0 Å². The van der Waals surface area contributed by atoms with Crippen molar-refractivity contribution in [1.82, 2.24) is 15.5 Å².